The van der Waals surface area contributed by atoms with Crippen molar-refractivity contribution < 1.29 is 9.59 Å². The van der Waals surface area contributed by atoms with Crippen LogP contribution in [-0.2, 0) is 28.3 Å². The molecule has 4 nitrogen and oxygen atoms in total. The van der Waals surface area contributed by atoms with E-state index in [1.165, 1.54) is 11.8 Å². The lowest BCUT2D eigenvalue weighted by molar-refractivity contribution is -0.139. The van der Waals surface area contributed by atoms with Gasteiger partial charge in [-0.05, 0) is 41.3 Å². The summed E-state index contributed by atoms with van der Waals surface area (Å²) in [5.74, 6) is 0.694. The lowest BCUT2D eigenvalue weighted by Gasteiger charge is -2.31. The van der Waals surface area contributed by atoms with E-state index in [1.54, 1.807) is 4.90 Å². The fourth-order valence-electron chi connectivity index (χ4n) is 3.84. The van der Waals surface area contributed by atoms with E-state index in [1.807, 2.05) is 78.9 Å². The number of unbranched alkanes of at least 4 members (excludes halogenated alkanes) is 1. The summed E-state index contributed by atoms with van der Waals surface area (Å²) >= 11 is 11.3. The van der Waals surface area contributed by atoms with Crippen LogP contribution in [0.25, 0.3) is 0 Å². The van der Waals surface area contributed by atoms with Gasteiger partial charge in [0.15, 0.2) is 0 Å². The van der Waals surface area contributed by atoms with Gasteiger partial charge in [-0.1, -0.05) is 102 Å². The highest BCUT2D eigenvalue weighted by molar-refractivity contribution is 9.10. The van der Waals surface area contributed by atoms with Gasteiger partial charge < -0.3 is 10.2 Å². The monoisotopic (exact) mass is 586 g/mol. The highest BCUT2D eigenvalue weighted by atomic mass is 79.9. The van der Waals surface area contributed by atoms with Crippen LogP contribution in [0.5, 0.6) is 0 Å². The first kappa shape index (κ1) is 28.3. The summed E-state index contributed by atoms with van der Waals surface area (Å²) < 4.78 is 0.938. The molecule has 0 heterocycles. The molecule has 0 saturated carbocycles. The predicted molar refractivity (Wildman–Crippen MR) is 154 cm³/mol. The van der Waals surface area contributed by atoms with Crippen LogP contribution in [0.15, 0.2) is 83.3 Å². The lowest BCUT2D eigenvalue weighted by Crippen LogP contribution is -2.51. The fraction of sp³-hybridized carbons (Fsp3) is 0.310. The first-order chi connectivity index (χ1) is 17.5. The summed E-state index contributed by atoms with van der Waals surface area (Å²) in [6.45, 7) is 3.04. The molecule has 3 aromatic carbocycles. The number of halogens is 2. The topological polar surface area (TPSA) is 49.4 Å². The summed E-state index contributed by atoms with van der Waals surface area (Å²) in [5, 5.41) is 3.75. The molecular weight excluding hydrogens is 556 g/mol. The molecule has 0 unspecified atom stereocenters. The van der Waals surface area contributed by atoms with Crippen LogP contribution in [0.4, 0.5) is 0 Å². The second-order valence-electron chi connectivity index (χ2n) is 8.59. The van der Waals surface area contributed by atoms with Crippen molar-refractivity contribution in [3.05, 3.63) is 105 Å². The Labute approximate surface area is 231 Å². The lowest BCUT2D eigenvalue weighted by atomic mass is 10.0. The van der Waals surface area contributed by atoms with Crippen LogP contribution in [0, 0.1) is 0 Å². The Kier molecular flexibility index (Phi) is 11.9. The number of hydrogen-bond acceptors (Lipinski definition) is 3. The Morgan fingerprint density at radius 1 is 1.00 bits per heavy atom. The molecule has 0 radical (unpaired) electrons. The van der Waals surface area contributed by atoms with Crippen molar-refractivity contribution in [2.45, 2.75) is 44.5 Å². The third-order valence-corrected chi connectivity index (χ3v) is 7.61. The van der Waals surface area contributed by atoms with E-state index >= 15 is 0 Å². The van der Waals surface area contributed by atoms with E-state index in [0.29, 0.717) is 30.3 Å². The molecule has 3 rings (SSSR count). The molecule has 190 valence electrons. The third-order valence-electron chi connectivity index (χ3n) is 5.78. The van der Waals surface area contributed by atoms with Crippen LogP contribution in [0.1, 0.15) is 36.5 Å². The molecule has 1 N–H and O–H groups in total. The molecule has 2 amide bonds. The van der Waals surface area contributed by atoms with Crippen LogP contribution in [0.3, 0.4) is 0 Å². The Morgan fingerprint density at radius 3 is 2.44 bits per heavy atom. The van der Waals surface area contributed by atoms with Crippen molar-refractivity contribution in [2.24, 2.45) is 0 Å². The van der Waals surface area contributed by atoms with Gasteiger partial charge >= 0.3 is 0 Å². The maximum atomic E-state index is 13.7. The Balaban J connectivity index is 1.84. The number of rotatable bonds is 13. The maximum absolute atomic E-state index is 13.7. The fourth-order valence-corrected chi connectivity index (χ4v) is 5.48. The number of amides is 2. The van der Waals surface area contributed by atoms with Gasteiger partial charge in [0.1, 0.15) is 6.04 Å². The molecule has 1 atom stereocenters. The maximum Gasteiger partial charge on any atom is 0.243 e. The number of carbonyl (C=O) groups excluding carboxylic acids is 2. The van der Waals surface area contributed by atoms with Gasteiger partial charge in [0.25, 0.3) is 0 Å². The molecular formula is C29H32BrClN2O2S. The van der Waals surface area contributed by atoms with E-state index in [0.717, 1.165) is 34.0 Å². The number of hydrogen-bond donors (Lipinski definition) is 1. The number of nitrogens with one attached hydrogen (secondary N) is 1. The molecule has 0 fully saturated rings. The van der Waals surface area contributed by atoms with Crippen LogP contribution in [-0.4, -0.2) is 35.1 Å². The summed E-state index contributed by atoms with van der Waals surface area (Å²) in [6, 6.07) is 24.8. The Hall–Kier alpha value is -2.28. The molecule has 0 aromatic heterocycles. The van der Waals surface area contributed by atoms with Gasteiger partial charge in [-0.15, -0.1) is 11.8 Å². The highest BCUT2D eigenvalue weighted by Gasteiger charge is 2.30. The van der Waals surface area contributed by atoms with Gasteiger partial charge in [-0.3, -0.25) is 9.59 Å². The molecule has 7 heteroatoms. The van der Waals surface area contributed by atoms with Gasteiger partial charge in [-0.2, -0.15) is 0 Å². The minimum absolute atomic E-state index is 0.0707. The standard InChI is InChI=1S/C29H32BrClN2O2S/c1-2-3-16-32-29(35)27(18-22-10-5-4-6-11-22)33(19-23-12-9-14-25(30)17-23)28(34)21-36-20-24-13-7-8-15-26(24)31/h4-15,17,27H,2-3,16,18-21H2,1H3,(H,32,35)/t27-/m1/s1. The van der Waals surface area contributed by atoms with Crippen LogP contribution in [0.2, 0.25) is 5.02 Å². The third kappa shape index (κ3) is 8.99. The first-order valence-electron chi connectivity index (χ1n) is 12.1. The van der Waals surface area contributed by atoms with Crippen molar-refractivity contribution in [3.8, 4) is 0 Å². The molecule has 0 aliphatic heterocycles. The second kappa shape index (κ2) is 15.1. The molecule has 0 spiro atoms. The zero-order valence-corrected chi connectivity index (χ0v) is 23.6. The number of benzene rings is 3. The van der Waals surface area contributed by atoms with Crippen molar-refractivity contribution in [2.75, 3.05) is 12.3 Å². The van der Waals surface area contributed by atoms with Gasteiger partial charge in [0.05, 0.1) is 5.75 Å². The first-order valence-corrected chi connectivity index (χ1v) is 14.5. The second-order valence-corrected chi connectivity index (χ2v) is 10.9. The normalized spacial score (nSPS) is 11.6. The average Bonchev–Trinajstić information content (AvgIpc) is 2.88. The SMILES string of the molecule is CCCCNC(=O)[C@@H](Cc1ccccc1)N(Cc1cccc(Br)c1)C(=O)CSCc1ccccc1Cl. The largest absolute Gasteiger partial charge is 0.354 e. The molecule has 0 bridgehead atoms. The van der Waals surface area contributed by atoms with Gasteiger partial charge in [-0.25, -0.2) is 0 Å². The van der Waals surface area contributed by atoms with Crippen LogP contribution >= 0.6 is 39.3 Å². The van der Waals surface area contributed by atoms with E-state index in [-0.39, 0.29) is 17.6 Å². The van der Waals surface area contributed by atoms with Gasteiger partial charge in [0, 0.05) is 34.8 Å². The quantitative estimate of drug-likeness (QED) is 0.222. The van der Waals surface area contributed by atoms with E-state index in [4.69, 9.17) is 11.6 Å². The summed E-state index contributed by atoms with van der Waals surface area (Å²) in [5.41, 5.74) is 2.98. The average molecular weight is 588 g/mol. The van der Waals surface area contributed by atoms with Crippen molar-refractivity contribution in [1.82, 2.24) is 10.2 Å². The van der Waals surface area contributed by atoms with E-state index in [2.05, 4.69) is 28.2 Å². The van der Waals surface area contributed by atoms with Gasteiger partial charge in [0.2, 0.25) is 11.8 Å². The minimum atomic E-state index is -0.614. The number of thioether (sulfide) groups is 1. The van der Waals surface area contributed by atoms with Crippen LogP contribution < -0.4 is 5.32 Å². The van der Waals surface area contributed by atoms with E-state index < -0.39 is 6.04 Å². The Bertz CT molecular complexity index is 1130. The predicted octanol–water partition coefficient (Wildman–Crippen LogP) is 6.89. The number of carbonyl (C=O) groups is 2. The van der Waals surface area contributed by atoms with Crippen molar-refractivity contribution in [3.63, 3.8) is 0 Å². The summed E-state index contributed by atoms with van der Waals surface area (Å²) in [6.07, 6.45) is 2.34. The van der Waals surface area contributed by atoms with Crippen molar-refractivity contribution >= 4 is 51.1 Å². The molecule has 0 saturated heterocycles. The Morgan fingerprint density at radius 2 is 1.72 bits per heavy atom. The van der Waals surface area contributed by atoms with E-state index in [9.17, 15) is 9.59 Å². The highest BCUT2D eigenvalue weighted by Crippen LogP contribution is 2.23. The summed E-state index contributed by atoms with van der Waals surface area (Å²) in [7, 11) is 0. The smallest absolute Gasteiger partial charge is 0.243 e. The van der Waals surface area contributed by atoms with Crippen molar-refractivity contribution in [1.29, 1.82) is 0 Å². The molecule has 36 heavy (non-hydrogen) atoms. The minimum Gasteiger partial charge on any atom is -0.354 e. The molecule has 3 aromatic rings. The zero-order valence-electron chi connectivity index (χ0n) is 20.5. The zero-order chi connectivity index (χ0) is 25.8. The number of nitrogens with zero attached hydrogens (tertiary/aromatic N) is 1. The summed E-state index contributed by atoms with van der Waals surface area (Å²) in [4.78, 5) is 28.8. The molecule has 0 aliphatic carbocycles. The molecule has 0 aliphatic rings.